The number of hydrogen-bond acceptors (Lipinski definition) is 4. The topological polar surface area (TPSA) is 63.2 Å². The molecule has 0 spiro atoms. The van der Waals surface area contributed by atoms with Crippen LogP contribution in [-0.4, -0.2) is 28.7 Å². The van der Waals surface area contributed by atoms with Crippen molar-refractivity contribution in [3.63, 3.8) is 0 Å². The van der Waals surface area contributed by atoms with Gasteiger partial charge >= 0.3 is 0 Å². The first-order valence-electron chi connectivity index (χ1n) is 3.91. The average Bonchev–Trinajstić information content (AvgIpc) is 2.17. The average molecular weight is 212 g/mol. The summed E-state index contributed by atoms with van der Waals surface area (Å²) in [6.07, 6.45) is 1.25. The van der Waals surface area contributed by atoms with Gasteiger partial charge in [-0.15, -0.1) is 0 Å². The van der Waals surface area contributed by atoms with Crippen LogP contribution in [0.3, 0.4) is 0 Å². The molecule has 0 unspecified atom stereocenters. The molecule has 0 atom stereocenters. The van der Waals surface area contributed by atoms with Gasteiger partial charge < -0.3 is 0 Å². The molecule has 0 aromatic carbocycles. The van der Waals surface area contributed by atoms with Gasteiger partial charge in [0.25, 0.3) is 5.91 Å². The maximum absolute atomic E-state index is 11.3. The molecule has 5 nitrogen and oxygen atoms in total. The van der Waals surface area contributed by atoms with Crippen molar-refractivity contribution in [1.82, 2.24) is 9.97 Å². The molecule has 14 heavy (non-hydrogen) atoms. The van der Waals surface area contributed by atoms with Crippen LogP contribution in [0.15, 0.2) is 6.33 Å². The van der Waals surface area contributed by atoms with Crippen molar-refractivity contribution in [2.24, 2.45) is 0 Å². The predicted molar refractivity (Wildman–Crippen MR) is 49.2 cm³/mol. The summed E-state index contributed by atoms with van der Waals surface area (Å²) < 4.78 is 0. The van der Waals surface area contributed by atoms with Crippen LogP contribution in [0, 0.1) is 0 Å². The Morgan fingerprint density at radius 2 is 2.14 bits per heavy atom. The fourth-order valence-electron chi connectivity index (χ4n) is 1.34. The number of Topliss-reactive ketones (excluding diaryl/α,β-unsaturated/α-hetero) is 1. The van der Waals surface area contributed by atoms with E-state index >= 15 is 0 Å². The van der Waals surface area contributed by atoms with Gasteiger partial charge in [0, 0.05) is 19.0 Å². The normalized spacial score (nSPS) is 15.7. The van der Waals surface area contributed by atoms with E-state index in [9.17, 15) is 9.59 Å². The highest BCUT2D eigenvalue weighted by Gasteiger charge is 2.31. The molecule has 1 aliphatic rings. The van der Waals surface area contributed by atoms with E-state index in [1.165, 1.54) is 18.3 Å². The van der Waals surface area contributed by atoms with Crippen LogP contribution in [0.5, 0.6) is 0 Å². The van der Waals surface area contributed by atoms with E-state index < -0.39 is 11.7 Å². The van der Waals surface area contributed by atoms with Crippen LogP contribution in [0.4, 0.5) is 5.82 Å². The maximum Gasteiger partial charge on any atom is 0.295 e. The van der Waals surface area contributed by atoms with E-state index in [0.717, 1.165) is 0 Å². The number of likely N-dealkylation sites (N-methyl/N-ethyl adjacent to an activating group) is 1. The van der Waals surface area contributed by atoms with Gasteiger partial charge in [-0.1, -0.05) is 11.6 Å². The molecule has 0 aliphatic carbocycles. The summed E-state index contributed by atoms with van der Waals surface area (Å²) in [5.74, 6) is -0.640. The van der Waals surface area contributed by atoms with Crippen molar-refractivity contribution in [2.45, 2.75) is 6.42 Å². The summed E-state index contributed by atoms with van der Waals surface area (Å²) in [4.78, 5) is 31.3. The lowest BCUT2D eigenvalue weighted by atomic mass is 10.1. The monoisotopic (exact) mass is 211 g/mol. The van der Waals surface area contributed by atoms with Crippen LogP contribution < -0.4 is 4.90 Å². The van der Waals surface area contributed by atoms with Gasteiger partial charge in [0.05, 0.1) is 0 Å². The summed E-state index contributed by atoms with van der Waals surface area (Å²) in [7, 11) is 1.49. The van der Waals surface area contributed by atoms with Crippen molar-refractivity contribution in [3.8, 4) is 0 Å². The number of carbonyl (C=O) groups excluding carboxylic acids is 2. The third kappa shape index (κ3) is 1.17. The zero-order valence-corrected chi connectivity index (χ0v) is 8.08. The van der Waals surface area contributed by atoms with Crippen LogP contribution in [0.1, 0.15) is 5.56 Å². The summed E-state index contributed by atoms with van der Waals surface area (Å²) in [5, 5.41) is 0.225. The van der Waals surface area contributed by atoms with Crippen molar-refractivity contribution in [3.05, 3.63) is 17.0 Å². The van der Waals surface area contributed by atoms with E-state index in [0.29, 0.717) is 11.4 Å². The van der Waals surface area contributed by atoms with Crippen LogP contribution in [-0.2, 0) is 16.0 Å². The van der Waals surface area contributed by atoms with Gasteiger partial charge in [0.15, 0.2) is 0 Å². The molecule has 72 valence electrons. The van der Waals surface area contributed by atoms with Gasteiger partial charge in [-0.05, 0) is 0 Å². The highest BCUT2D eigenvalue weighted by atomic mass is 35.5. The third-order valence-electron chi connectivity index (χ3n) is 2.07. The molecular weight excluding hydrogens is 206 g/mol. The first kappa shape index (κ1) is 9.08. The SMILES string of the molecule is CN1C(=O)C(=O)Cc2c(Cl)ncnc21. The number of anilines is 1. The molecule has 0 bridgehead atoms. The van der Waals surface area contributed by atoms with Crippen molar-refractivity contribution in [1.29, 1.82) is 0 Å². The summed E-state index contributed by atoms with van der Waals surface area (Å²) in [5.41, 5.74) is 0.515. The predicted octanol–water partition coefficient (Wildman–Crippen LogP) is 0.218. The zero-order chi connectivity index (χ0) is 10.3. The first-order chi connectivity index (χ1) is 6.61. The van der Waals surface area contributed by atoms with Gasteiger partial charge in [-0.2, -0.15) is 0 Å². The number of nitrogens with zero attached hydrogens (tertiary/aromatic N) is 3. The Morgan fingerprint density at radius 3 is 2.86 bits per heavy atom. The molecule has 1 amide bonds. The smallest absolute Gasteiger partial charge is 0.293 e. The Kier molecular flexibility index (Phi) is 1.96. The molecule has 2 heterocycles. The van der Waals surface area contributed by atoms with Crippen LogP contribution in [0.25, 0.3) is 0 Å². The van der Waals surface area contributed by atoms with E-state index in [1.54, 1.807) is 0 Å². The molecular formula is C8H6ClN3O2. The van der Waals surface area contributed by atoms with E-state index in [2.05, 4.69) is 9.97 Å². The second-order valence-electron chi connectivity index (χ2n) is 2.93. The standard InChI is InChI=1S/C8H6ClN3O2/c1-12-7-4(2-5(13)8(12)14)6(9)10-3-11-7/h3H,2H2,1H3. The number of halogens is 1. The largest absolute Gasteiger partial charge is 0.295 e. The minimum Gasteiger partial charge on any atom is -0.293 e. The Balaban J connectivity index is 2.61. The number of hydrogen-bond donors (Lipinski definition) is 0. The molecule has 0 saturated carbocycles. The van der Waals surface area contributed by atoms with Crippen molar-refractivity contribution >= 4 is 29.1 Å². The quantitative estimate of drug-likeness (QED) is 0.455. The number of fused-ring (bicyclic) bond motifs is 1. The zero-order valence-electron chi connectivity index (χ0n) is 7.32. The second-order valence-corrected chi connectivity index (χ2v) is 3.29. The third-order valence-corrected chi connectivity index (χ3v) is 2.39. The molecule has 0 saturated heterocycles. The fourth-order valence-corrected chi connectivity index (χ4v) is 1.54. The number of ketones is 1. The second kappa shape index (κ2) is 3.02. The lowest BCUT2D eigenvalue weighted by Gasteiger charge is -2.22. The lowest BCUT2D eigenvalue weighted by molar-refractivity contribution is -0.136. The minimum atomic E-state index is -0.563. The molecule has 0 N–H and O–H groups in total. The van der Waals surface area contributed by atoms with Crippen LogP contribution in [0.2, 0.25) is 5.15 Å². The maximum atomic E-state index is 11.3. The molecule has 0 fully saturated rings. The van der Waals surface area contributed by atoms with E-state index in [1.807, 2.05) is 0 Å². The Morgan fingerprint density at radius 1 is 1.43 bits per heavy atom. The van der Waals surface area contributed by atoms with Crippen LogP contribution >= 0.6 is 11.6 Å². The summed E-state index contributed by atoms with van der Waals surface area (Å²) in [6.45, 7) is 0. The van der Waals surface area contributed by atoms with Gasteiger partial charge in [-0.3, -0.25) is 14.5 Å². The molecule has 0 radical (unpaired) electrons. The highest BCUT2D eigenvalue weighted by molar-refractivity contribution is 6.43. The van der Waals surface area contributed by atoms with Gasteiger partial charge in [0.1, 0.15) is 17.3 Å². The summed E-state index contributed by atoms with van der Waals surface area (Å²) in [6, 6.07) is 0. The molecule has 1 aromatic rings. The van der Waals surface area contributed by atoms with E-state index in [4.69, 9.17) is 11.6 Å². The van der Waals surface area contributed by atoms with E-state index in [-0.39, 0.29) is 11.6 Å². The Labute approximate surface area is 84.7 Å². The Hall–Kier alpha value is -1.49. The Bertz CT molecular complexity index is 433. The number of carbonyl (C=O) groups is 2. The van der Waals surface area contributed by atoms with Gasteiger partial charge in [0.2, 0.25) is 5.78 Å². The fraction of sp³-hybridized carbons (Fsp3) is 0.250. The number of amides is 1. The van der Waals surface area contributed by atoms with Gasteiger partial charge in [-0.25, -0.2) is 9.97 Å². The molecule has 1 aromatic heterocycles. The first-order valence-corrected chi connectivity index (χ1v) is 4.29. The number of aromatic nitrogens is 2. The highest BCUT2D eigenvalue weighted by Crippen LogP contribution is 2.26. The number of rotatable bonds is 0. The van der Waals surface area contributed by atoms with Crippen molar-refractivity contribution < 1.29 is 9.59 Å². The molecule has 1 aliphatic heterocycles. The minimum absolute atomic E-state index is 0.0157. The van der Waals surface area contributed by atoms with Crippen molar-refractivity contribution in [2.75, 3.05) is 11.9 Å². The summed E-state index contributed by atoms with van der Waals surface area (Å²) >= 11 is 5.78. The molecule has 6 heteroatoms. The molecule has 2 rings (SSSR count). The lowest BCUT2D eigenvalue weighted by Crippen LogP contribution is -2.39.